The molecular formula is C20H29N3O7. The fourth-order valence-corrected chi connectivity index (χ4v) is 2.23. The van der Waals surface area contributed by atoms with Gasteiger partial charge >= 0.3 is 18.2 Å². The van der Waals surface area contributed by atoms with Crippen LogP contribution in [0.5, 0.6) is 0 Å². The number of methoxy groups -OCH3 is 1. The van der Waals surface area contributed by atoms with Crippen molar-refractivity contribution in [3.05, 3.63) is 35.9 Å². The van der Waals surface area contributed by atoms with Crippen LogP contribution in [0.25, 0.3) is 0 Å². The number of carbonyl (C=O) groups is 4. The molecule has 0 bridgehead atoms. The summed E-state index contributed by atoms with van der Waals surface area (Å²) in [6.07, 6.45) is -1.77. The Balaban J connectivity index is 2.79. The molecule has 2 unspecified atom stereocenters. The summed E-state index contributed by atoms with van der Waals surface area (Å²) in [6, 6.07) is 6.72. The Bertz CT molecular complexity index is 747. The minimum atomic E-state index is -1.17. The second-order valence-corrected chi connectivity index (χ2v) is 7.45. The topological polar surface area (TPSA) is 123 Å². The lowest BCUT2D eigenvalue weighted by molar-refractivity contribution is -0.155. The number of nitrogens with zero attached hydrogens (tertiary/aromatic N) is 1. The third-order valence-corrected chi connectivity index (χ3v) is 3.70. The summed E-state index contributed by atoms with van der Waals surface area (Å²) in [6.45, 7) is 7.72. The van der Waals surface area contributed by atoms with E-state index < -0.39 is 41.7 Å². The molecule has 2 atom stereocenters. The van der Waals surface area contributed by atoms with E-state index >= 15 is 0 Å². The summed E-state index contributed by atoms with van der Waals surface area (Å²) in [5.41, 5.74) is 2.19. The molecule has 3 amide bonds. The van der Waals surface area contributed by atoms with Gasteiger partial charge in [-0.1, -0.05) is 30.3 Å². The van der Waals surface area contributed by atoms with Crippen LogP contribution in [0.3, 0.4) is 0 Å². The number of ether oxygens (including phenoxy) is 3. The Morgan fingerprint density at radius 3 is 2.17 bits per heavy atom. The van der Waals surface area contributed by atoms with E-state index in [0.717, 1.165) is 17.7 Å². The lowest BCUT2D eigenvalue weighted by Gasteiger charge is -2.31. The molecule has 0 saturated carbocycles. The lowest BCUT2D eigenvalue weighted by atomic mass is 10.2. The number of hydrogen-bond donors (Lipinski definition) is 2. The fraction of sp³-hybridized carbons (Fsp3) is 0.500. The van der Waals surface area contributed by atoms with E-state index in [1.54, 1.807) is 45.0 Å². The molecule has 1 rings (SSSR count). The van der Waals surface area contributed by atoms with Gasteiger partial charge in [0.15, 0.2) is 0 Å². The van der Waals surface area contributed by atoms with Gasteiger partial charge in [-0.15, -0.1) is 0 Å². The molecule has 0 saturated heterocycles. The van der Waals surface area contributed by atoms with Crippen LogP contribution < -0.4 is 10.7 Å². The highest BCUT2D eigenvalue weighted by Gasteiger charge is 2.33. The maximum absolute atomic E-state index is 12.8. The van der Waals surface area contributed by atoms with Gasteiger partial charge in [-0.3, -0.25) is 4.79 Å². The second kappa shape index (κ2) is 11.0. The number of amides is 3. The number of carbonyl (C=O) groups excluding carboxylic acids is 4. The van der Waals surface area contributed by atoms with Crippen molar-refractivity contribution < 1.29 is 33.4 Å². The first kappa shape index (κ1) is 24.7. The van der Waals surface area contributed by atoms with E-state index in [1.807, 2.05) is 6.07 Å². The van der Waals surface area contributed by atoms with Gasteiger partial charge < -0.3 is 19.5 Å². The monoisotopic (exact) mass is 423 g/mol. The lowest BCUT2D eigenvalue weighted by Crippen LogP contribution is -2.59. The Morgan fingerprint density at radius 2 is 1.63 bits per heavy atom. The van der Waals surface area contributed by atoms with Crippen LogP contribution in [0.2, 0.25) is 0 Å². The molecule has 10 heteroatoms. The second-order valence-electron chi connectivity index (χ2n) is 7.45. The van der Waals surface area contributed by atoms with E-state index in [4.69, 9.17) is 9.47 Å². The van der Waals surface area contributed by atoms with Crippen molar-refractivity contribution in [2.75, 3.05) is 7.11 Å². The molecule has 30 heavy (non-hydrogen) atoms. The third kappa shape index (κ3) is 8.38. The number of nitrogens with one attached hydrogen (secondary N) is 2. The molecule has 0 aliphatic carbocycles. The maximum atomic E-state index is 12.8. The Hall–Kier alpha value is -3.30. The van der Waals surface area contributed by atoms with Gasteiger partial charge in [0.25, 0.3) is 5.91 Å². The fourth-order valence-electron chi connectivity index (χ4n) is 2.23. The van der Waals surface area contributed by atoms with Crippen molar-refractivity contribution in [1.82, 2.24) is 15.8 Å². The van der Waals surface area contributed by atoms with Gasteiger partial charge in [-0.2, -0.15) is 0 Å². The van der Waals surface area contributed by atoms with Crippen LogP contribution in [-0.2, 0) is 30.4 Å². The molecule has 0 radical (unpaired) electrons. The summed E-state index contributed by atoms with van der Waals surface area (Å²) in [4.78, 5) is 48.8. The molecule has 1 aromatic rings. The predicted molar refractivity (Wildman–Crippen MR) is 107 cm³/mol. The van der Waals surface area contributed by atoms with E-state index in [1.165, 1.54) is 13.8 Å². The summed E-state index contributed by atoms with van der Waals surface area (Å²) in [5, 5.41) is 3.12. The molecular weight excluding hydrogens is 394 g/mol. The molecule has 0 aromatic heterocycles. The van der Waals surface area contributed by atoms with E-state index in [2.05, 4.69) is 15.5 Å². The zero-order valence-corrected chi connectivity index (χ0v) is 18.1. The van der Waals surface area contributed by atoms with Crippen molar-refractivity contribution in [3.63, 3.8) is 0 Å². The van der Waals surface area contributed by atoms with Gasteiger partial charge in [0.05, 0.1) is 7.11 Å². The number of hydrogen-bond acceptors (Lipinski definition) is 7. The number of esters is 1. The SMILES string of the molecule is COC(=O)C(C)N(NC(=O)OC(C)(C)C)C(=O)C(C)NC(=O)OCc1ccccc1. The normalized spacial score (nSPS) is 12.7. The average Bonchev–Trinajstić information content (AvgIpc) is 2.68. The molecule has 10 nitrogen and oxygen atoms in total. The van der Waals surface area contributed by atoms with Crippen LogP contribution in [0.15, 0.2) is 30.3 Å². The Kier molecular flexibility index (Phi) is 9.10. The summed E-state index contributed by atoms with van der Waals surface area (Å²) < 4.78 is 14.8. The first-order chi connectivity index (χ1) is 13.9. The van der Waals surface area contributed by atoms with Crippen molar-refractivity contribution in [2.45, 2.75) is 58.9 Å². The standard InChI is InChI=1S/C20H29N3O7/c1-13(21-18(26)29-12-15-10-8-7-9-11-15)16(24)23(14(2)17(25)28-6)22-19(27)30-20(3,4)5/h7-11,13-14H,12H2,1-6H3,(H,21,26)(H,22,27). The highest BCUT2D eigenvalue weighted by molar-refractivity contribution is 5.90. The van der Waals surface area contributed by atoms with E-state index in [9.17, 15) is 19.2 Å². The summed E-state index contributed by atoms with van der Waals surface area (Å²) >= 11 is 0. The third-order valence-electron chi connectivity index (χ3n) is 3.70. The molecule has 1 aromatic carbocycles. The summed E-state index contributed by atoms with van der Waals surface area (Å²) in [7, 11) is 1.15. The van der Waals surface area contributed by atoms with Gasteiger partial charge in [0, 0.05) is 0 Å². The predicted octanol–water partition coefficient (Wildman–Crippen LogP) is 2.13. The van der Waals surface area contributed by atoms with Gasteiger partial charge in [0.2, 0.25) is 0 Å². The minimum Gasteiger partial charge on any atom is -0.467 e. The molecule has 0 heterocycles. The van der Waals surface area contributed by atoms with Crippen molar-refractivity contribution in [3.8, 4) is 0 Å². The molecule has 0 aliphatic heterocycles. The van der Waals surface area contributed by atoms with Crippen molar-refractivity contribution >= 4 is 24.1 Å². The van der Waals surface area contributed by atoms with E-state index in [0.29, 0.717) is 0 Å². The maximum Gasteiger partial charge on any atom is 0.426 e. The zero-order chi connectivity index (χ0) is 22.9. The van der Waals surface area contributed by atoms with Crippen molar-refractivity contribution in [1.29, 1.82) is 0 Å². The smallest absolute Gasteiger partial charge is 0.426 e. The molecule has 0 spiro atoms. The first-order valence-corrected chi connectivity index (χ1v) is 9.32. The Labute approximate surface area is 175 Å². The molecule has 2 N–H and O–H groups in total. The van der Waals surface area contributed by atoms with Crippen LogP contribution in [-0.4, -0.2) is 53.9 Å². The highest BCUT2D eigenvalue weighted by atomic mass is 16.6. The van der Waals surface area contributed by atoms with Gasteiger partial charge in [0.1, 0.15) is 24.3 Å². The summed E-state index contributed by atoms with van der Waals surface area (Å²) in [5.74, 6) is -1.53. The first-order valence-electron chi connectivity index (χ1n) is 9.32. The van der Waals surface area contributed by atoms with Crippen molar-refractivity contribution in [2.24, 2.45) is 0 Å². The molecule has 166 valence electrons. The van der Waals surface area contributed by atoms with Crippen LogP contribution >= 0.6 is 0 Å². The van der Waals surface area contributed by atoms with E-state index in [-0.39, 0.29) is 6.61 Å². The number of alkyl carbamates (subject to hydrolysis) is 1. The van der Waals surface area contributed by atoms with Gasteiger partial charge in [-0.05, 0) is 40.2 Å². The van der Waals surface area contributed by atoms with Crippen LogP contribution in [0.1, 0.15) is 40.2 Å². The zero-order valence-electron chi connectivity index (χ0n) is 18.1. The molecule has 0 aliphatic rings. The minimum absolute atomic E-state index is 0.0199. The molecule has 0 fully saturated rings. The van der Waals surface area contributed by atoms with Crippen LogP contribution in [0.4, 0.5) is 9.59 Å². The Morgan fingerprint density at radius 1 is 1.03 bits per heavy atom. The number of rotatable bonds is 6. The number of benzene rings is 1. The quantitative estimate of drug-likeness (QED) is 0.408. The highest BCUT2D eigenvalue weighted by Crippen LogP contribution is 2.09. The largest absolute Gasteiger partial charge is 0.467 e. The van der Waals surface area contributed by atoms with Crippen LogP contribution in [0, 0.1) is 0 Å². The number of hydrazine groups is 1. The average molecular weight is 423 g/mol. The van der Waals surface area contributed by atoms with Gasteiger partial charge in [-0.25, -0.2) is 24.8 Å².